The molecule has 1 aliphatic carbocycles. The molecule has 1 aliphatic rings. The van der Waals surface area contributed by atoms with Gasteiger partial charge in [-0.15, -0.1) is 6.42 Å². The van der Waals surface area contributed by atoms with Gasteiger partial charge >= 0.3 is 5.97 Å². The van der Waals surface area contributed by atoms with Crippen LogP contribution in [0.15, 0.2) is 0 Å². The third-order valence-corrected chi connectivity index (χ3v) is 2.79. The Bertz CT molecular complexity index is 330. The Morgan fingerprint density at radius 2 is 2.29 bits per heavy atom. The Labute approximate surface area is 84.0 Å². The lowest BCUT2D eigenvalue weighted by Crippen LogP contribution is -2.41. The highest BCUT2D eigenvalue weighted by Gasteiger charge is 2.61. The summed E-state index contributed by atoms with van der Waals surface area (Å²) in [6, 6.07) is 2.18. The molecule has 0 aliphatic heterocycles. The van der Waals surface area contributed by atoms with Crippen molar-refractivity contribution in [3.63, 3.8) is 0 Å². The van der Waals surface area contributed by atoms with Gasteiger partial charge in [0.2, 0.25) is 0 Å². The van der Waals surface area contributed by atoms with Crippen LogP contribution in [0.3, 0.4) is 0 Å². The fraction of sp³-hybridized carbons (Fsp3) is 0.636. The molecule has 0 aromatic carbocycles. The molecule has 1 rings (SSSR count). The van der Waals surface area contributed by atoms with Crippen LogP contribution in [0.2, 0.25) is 0 Å². The molecule has 0 radical (unpaired) electrons. The molecule has 0 bridgehead atoms. The number of terminal acetylenes is 1. The van der Waals surface area contributed by atoms with E-state index in [9.17, 15) is 4.79 Å². The van der Waals surface area contributed by atoms with Crippen molar-refractivity contribution in [3.05, 3.63) is 0 Å². The summed E-state index contributed by atoms with van der Waals surface area (Å²) in [7, 11) is 0. The van der Waals surface area contributed by atoms with E-state index in [2.05, 4.69) is 12.0 Å². The highest BCUT2D eigenvalue weighted by molar-refractivity contribution is 5.67. The van der Waals surface area contributed by atoms with Crippen LogP contribution in [0, 0.1) is 29.1 Å². The van der Waals surface area contributed by atoms with Gasteiger partial charge in [-0.25, -0.2) is 0 Å². The van der Waals surface area contributed by atoms with Crippen LogP contribution in [0.4, 0.5) is 0 Å². The first-order valence-corrected chi connectivity index (χ1v) is 4.64. The summed E-state index contributed by atoms with van der Waals surface area (Å²) in [5.74, 6) is 2.06. The van der Waals surface area contributed by atoms with Gasteiger partial charge in [0.1, 0.15) is 5.41 Å². The SMILES string of the molecule is C#C[C@](CC)(OC(C)=O)C1(C#N)CC1. The smallest absolute Gasteiger partial charge is 0.304 e. The molecule has 0 unspecified atom stereocenters. The van der Waals surface area contributed by atoms with Crippen LogP contribution in [-0.4, -0.2) is 11.6 Å². The van der Waals surface area contributed by atoms with Gasteiger partial charge in [0.05, 0.1) is 6.07 Å². The normalized spacial score (nSPS) is 21.1. The molecular formula is C11H13NO2. The van der Waals surface area contributed by atoms with E-state index in [0.29, 0.717) is 6.42 Å². The standard InChI is InChI=1S/C11H13NO2/c1-4-11(5-2,14-9(3)13)10(8-12)6-7-10/h1H,5-7H2,2-3H3/t11-/m1/s1. The van der Waals surface area contributed by atoms with E-state index < -0.39 is 17.0 Å². The Morgan fingerprint density at radius 3 is 2.50 bits per heavy atom. The predicted molar refractivity (Wildman–Crippen MR) is 50.9 cm³/mol. The number of carbonyl (C=O) groups is 1. The largest absolute Gasteiger partial charge is 0.444 e. The molecule has 14 heavy (non-hydrogen) atoms. The Morgan fingerprint density at radius 1 is 1.71 bits per heavy atom. The maximum absolute atomic E-state index is 10.9. The first kappa shape index (κ1) is 10.6. The van der Waals surface area contributed by atoms with Crippen molar-refractivity contribution in [3.8, 4) is 18.4 Å². The number of ether oxygens (including phenoxy) is 1. The van der Waals surface area contributed by atoms with Crippen molar-refractivity contribution in [2.45, 2.75) is 38.7 Å². The molecule has 0 heterocycles. The van der Waals surface area contributed by atoms with Gasteiger partial charge in [0, 0.05) is 6.92 Å². The summed E-state index contributed by atoms with van der Waals surface area (Å²) in [5, 5.41) is 9.03. The zero-order chi connectivity index (χ0) is 10.8. The van der Waals surface area contributed by atoms with Crippen LogP contribution in [0.1, 0.15) is 33.1 Å². The van der Waals surface area contributed by atoms with E-state index in [1.807, 2.05) is 6.92 Å². The molecule has 0 spiro atoms. The lowest BCUT2D eigenvalue weighted by atomic mass is 9.83. The quantitative estimate of drug-likeness (QED) is 0.503. The number of rotatable bonds is 3. The minimum absolute atomic E-state index is 0.425. The van der Waals surface area contributed by atoms with E-state index in [1.165, 1.54) is 6.92 Å². The first-order valence-electron chi connectivity index (χ1n) is 4.64. The summed E-state index contributed by atoms with van der Waals surface area (Å²) in [4.78, 5) is 10.9. The van der Waals surface area contributed by atoms with E-state index in [0.717, 1.165) is 12.8 Å². The highest BCUT2D eigenvalue weighted by Crippen LogP contribution is 2.56. The van der Waals surface area contributed by atoms with Gasteiger partial charge in [-0.05, 0) is 19.3 Å². The number of nitriles is 1. The Kier molecular flexibility index (Phi) is 2.53. The van der Waals surface area contributed by atoms with Crippen LogP contribution >= 0.6 is 0 Å². The summed E-state index contributed by atoms with van der Waals surface area (Å²) in [6.07, 6.45) is 7.31. The maximum atomic E-state index is 10.9. The molecule has 0 amide bonds. The summed E-state index contributed by atoms with van der Waals surface area (Å²) in [6.45, 7) is 3.15. The molecule has 0 aromatic heterocycles. The van der Waals surface area contributed by atoms with Gasteiger partial charge in [-0.3, -0.25) is 4.79 Å². The predicted octanol–water partition coefficient (Wildman–Crippen LogP) is 1.64. The molecule has 0 saturated heterocycles. The lowest BCUT2D eigenvalue weighted by Gasteiger charge is -2.30. The number of hydrogen-bond acceptors (Lipinski definition) is 3. The minimum atomic E-state index is -1.02. The molecule has 3 heteroatoms. The zero-order valence-electron chi connectivity index (χ0n) is 8.46. The summed E-state index contributed by atoms with van der Waals surface area (Å²) >= 11 is 0. The fourth-order valence-corrected chi connectivity index (χ4v) is 1.75. The van der Waals surface area contributed by atoms with Crippen LogP contribution < -0.4 is 0 Å². The topological polar surface area (TPSA) is 50.1 Å². The molecule has 0 N–H and O–H groups in total. The fourth-order valence-electron chi connectivity index (χ4n) is 1.75. The van der Waals surface area contributed by atoms with Crippen molar-refractivity contribution >= 4 is 5.97 Å². The van der Waals surface area contributed by atoms with E-state index in [4.69, 9.17) is 16.4 Å². The third kappa shape index (κ3) is 1.36. The maximum Gasteiger partial charge on any atom is 0.304 e. The second-order valence-corrected chi connectivity index (χ2v) is 3.61. The second kappa shape index (κ2) is 3.35. The van der Waals surface area contributed by atoms with Crippen molar-refractivity contribution in [1.82, 2.24) is 0 Å². The monoisotopic (exact) mass is 191 g/mol. The first-order chi connectivity index (χ1) is 6.56. The van der Waals surface area contributed by atoms with Crippen LogP contribution in [0.5, 0.6) is 0 Å². The molecule has 1 atom stereocenters. The summed E-state index contributed by atoms with van der Waals surface area (Å²) < 4.78 is 5.16. The molecule has 0 aromatic rings. The molecule has 1 saturated carbocycles. The second-order valence-electron chi connectivity index (χ2n) is 3.61. The van der Waals surface area contributed by atoms with Gasteiger partial charge in [0.15, 0.2) is 5.60 Å². The van der Waals surface area contributed by atoms with Crippen LogP contribution in [0.25, 0.3) is 0 Å². The van der Waals surface area contributed by atoms with Gasteiger partial charge in [-0.1, -0.05) is 12.8 Å². The number of nitrogens with zero attached hydrogens (tertiary/aromatic N) is 1. The number of esters is 1. The average molecular weight is 191 g/mol. The lowest BCUT2D eigenvalue weighted by molar-refractivity contribution is -0.155. The van der Waals surface area contributed by atoms with Crippen LogP contribution in [-0.2, 0) is 9.53 Å². The highest BCUT2D eigenvalue weighted by atomic mass is 16.6. The van der Waals surface area contributed by atoms with Gasteiger partial charge in [0.25, 0.3) is 0 Å². The molecule has 3 nitrogen and oxygen atoms in total. The van der Waals surface area contributed by atoms with Gasteiger partial charge < -0.3 is 4.74 Å². The average Bonchev–Trinajstić information content (AvgIpc) is 2.95. The van der Waals surface area contributed by atoms with Crippen molar-refractivity contribution in [2.24, 2.45) is 5.41 Å². The molecular weight excluding hydrogens is 178 g/mol. The number of carbonyl (C=O) groups excluding carboxylic acids is 1. The minimum Gasteiger partial charge on any atom is -0.444 e. The van der Waals surface area contributed by atoms with Crippen molar-refractivity contribution in [1.29, 1.82) is 5.26 Å². The number of hydrogen-bond donors (Lipinski definition) is 0. The van der Waals surface area contributed by atoms with E-state index in [-0.39, 0.29) is 0 Å². The summed E-state index contributed by atoms with van der Waals surface area (Å²) in [5.41, 5.74) is -1.66. The van der Waals surface area contributed by atoms with E-state index >= 15 is 0 Å². The molecule has 1 fully saturated rings. The van der Waals surface area contributed by atoms with E-state index in [1.54, 1.807) is 0 Å². The Balaban J connectivity index is 3.00. The van der Waals surface area contributed by atoms with Crippen molar-refractivity contribution in [2.75, 3.05) is 0 Å². The Hall–Kier alpha value is -1.48. The third-order valence-electron chi connectivity index (χ3n) is 2.79. The van der Waals surface area contributed by atoms with Crippen molar-refractivity contribution < 1.29 is 9.53 Å². The molecule has 74 valence electrons. The zero-order valence-corrected chi connectivity index (χ0v) is 8.46. The van der Waals surface area contributed by atoms with Gasteiger partial charge in [-0.2, -0.15) is 5.26 Å².